The number of thiazole rings is 1. The van der Waals surface area contributed by atoms with Crippen LogP contribution in [0.15, 0.2) is 5.51 Å². The van der Waals surface area contributed by atoms with E-state index in [4.69, 9.17) is 4.74 Å². The Hall–Kier alpha value is -1.96. The van der Waals surface area contributed by atoms with Crippen molar-refractivity contribution in [3.05, 3.63) is 11.2 Å². The zero-order valence-electron chi connectivity index (χ0n) is 10.3. The number of hydrogen-bond acceptors (Lipinski definition) is 6. The molecule has 2 rings (SSSR count). The average Bonchev–Trinajstić information content (AvgIpc) is 2.80. The molecule has 2 N–H and O–H groups in total. The highest BCUT2D eigenvalue weighted by atomic mass is 32.1. The van der Waals surface area contributed by atoms with E-state index < -0.39 is 11.9 Å². The molecule has 1 atom stereocenters. The number of rotatable bonds is 4. The molecule has 1 aromatic rings. The van der Waals surface area contributed by atoms with Crippen LogP contribution in [0, 0.1) is 0 Å². The van der Waals surface area contributed by atoms with Crippen LogP contribution < -0.4 is 15.4 Å². The summed E-state index contributed by atoms with van der Waals surface area (Å²) in [5.41, 5.74) is 2.13. The van der Waals surface area contributed by atoms with E-state index in [1.165, 1.54) is 18.4 Å². The molecule has 0 spiro atoms. The Bertz CT molecular complexity index is 514. The Morgan fingerprint density at radius 3 is 3.11 bits per heavy atom. The van der Waals surface area contributed by atoms with Gasteiger partial charge in [0.25, 0.3) is 0 Å². The third kappa shape index (κ3) is 3.28. The highest BCUT2D eigenvalue weighted by Crippen LogP contribution is 2.22. The van der Waals surface area contributed by atoms with Crippen LogP contribution >= 0.6 is 11.3 Å². The second-order valence-electron chi connectivity index (χ2n) is 4.04. The molecule has 1 aliphatic rings. The molecule has 19 heavy (non-hydrogen) atoms. The molecule has 1 saturated heterocycles. The highest BCUT2D eigenvalue weighted by Gasteiger charge is 2.28. The molecule has 0 radical (unpaired) electrons. The van der Waals surface area contributed by atoms with Gasteiger partial charge in [-0.05, 0) is 6.42 Å². The first-order valence-electron chi connectivity index (χ1n) is 5.69. The lowest BCUT2D eigenvalue weighted by Crippen LogP contribution is -2.52. The number of aromatic nitrogens is 1. The van der Waals surface area contributed by atoms with E-state index in [1.807, 2.05) is 0 Å². The van der Waals surface area contributed by atoms with Gasteiger partial charge in [-0.1, -0.05) is 11.3 Å². The molecule has 0 saturated carbocycles. The molecule has 0 aliphatic carbocycles. The van der Waals surface area contributed by atoms with Crippen LogP contribution in [-0.4, -0.2) is 35.9 Å². The highest BCUT2D eigenvalue weighted by molar-refractivity contribution is 7.11. The summed E-state index contributed by atoms with van der Waals surface area (Å²) in [6.45, 7) is 0. The quantitative estimate of drug-likeness (QED) is 0.734. The van der Waals surface area contributed by atoms with Gasteiger partial charge in [-0.25, -0.2) is 4.98 Å². The first-order valence-corrected chi connectivity index (χ1v) is 6.57. The van der Waals surface area contributed by atoms with E-state index in [9.17, 15) is 14.4 Å². The van der Waals surface area contributed by atoms with Crippen molar-refractivity contribution >= 4 is 29.1 Å². The van der Waals surface area contributed by atoms with E-state index in [1.54, 1.807) is 5.51 Å². The molecular formula is C11H13N3O4S. The first-order chi connectivity index (χ1) is 9.10. The van der Waals surface area contributed by atoms with Crippen LogP contribution in [0.2, 0.25) is 0 Å². The molecule has 0 aromatic carbocycles. The lowest BCUT2D eigenvalue weighted by atomic mass is 10.1. The van der Waals surface area contributed by atoms with E-state index in [0.717, 1.165) is 0 Å². The van der Waals surface area contributed by atoms with Crippen molar-refractivity contribution in [2.45, 2.75) is 25.3 Å². The molecule has 3 amide bonds. The van der Waals surface area contributed by atoms with Crippen LogP contribution in [0.25, 0.3) is 0 Å². The number of ether oxygens (including phenoxy) is 1. The zero-order valence-corrected chi connectivity index (χ0v) is 11.1. The van der Waals surface area contributed by atoms with Gasteiger partial charge in [0.2, 0.25) is 17.7 Å². The summed E-state index contributed by atoms with van der Waals surface area (Å²) >= 11 is 1.30. The maximum atomic E-state index is 11.8. The molecule has 1 aromatic heterocycles. The molecule has 1 aliphatic heterocycles. The molecule has 0 bridgehead atoms. The fourth-order valence-corrected chi connectivity index (χ4v) is 2.40. The molecule has 1 unspecified atom stereocenters. The molecule has 8 heteroatoms. The van der Waals surface area contributed by atoms with Gasteiger partial charge in [-0.2, -0.15) is 0 Å². The third-order valence-electron chi connectivity index (χ3n) is 2.69. The number of piperidine rings is 1. The van der Waals surface area contributed by atoms with Crippen LogP contribution in [0.5, 0.6) is 5.06 Å². The zero-order chi connectivity index (χ0) is 13.8. The number of nitrogens with one attached hydrogen (secondary N) is 2. The largest absolute Gasteiger partial charge is 0.486 e. The van der Waals surface area contributed by atoms with Gasteiger partial charge >= 0.3 is 0 Å². The fourth-order valence-electron chi connectivity index (χ4n) is 1.77. The summed E-state index contributed by atoms with van der Waals surface area (Å²) < 4.78 is 5.06. The van der Waals surface area contributed by atoms with E-state index in [-0.39, 0.29) is 24.7 Å². The number of carbonyl (C=O) groups excluding carboxylic acids is 3. The topological polar surface area (TPSA) is 97.4 Å². The third-order valence-corrected chi connectivity index (χ3v) is 3.52. The number of hydrogen-bond donors (Lipinski definition) is 2. The summed E-state index contributed by atoms with van der Waals surface area (Å²) in [6, 6.07) is -0.658. The Balaban J connectivity index is 1.91. The lowest BCUT2D eigenvalue weighted by Gasteiger charge is -2.21. The number of nitrogens with zero attached hydrogens (tertiary/aromatic N) is 1. The first kappa shape index (κ1) is 13.5. The van der Waals surface area contributed by atoms with Crippen molar-refractivity contribution in [3.8, 4) is 5.06 Å². The molecular weight excluding hydrogens is 270 g/mol. The predicted molar refractivity (Wildman–Crippen MR) is 66.7 cm³/mol. The average molecular weight is 283 g/mol. The Morgan fingerprint density at radius 2 is 2.42 bits per heavy atom. The maximum absolute atomic E-state index is 11.8. The normalized spacial score (nSPS) is 18.9. The van der Waals surface area contributed by atoms with Crippen molar-refractivity contribution in [1.29, 1.82) is 0 Å². The van der Waals surface area contributed by atoms with Gasteiger partial charge in [0.05, 0.1) is 19.0 Å². The Kier molecular flexibility index (Phi) is 4.10. The Labute approximate surface area is 113 Å². The van der Waals surface area contributed by atoms with Gasteiger partial charge in [0.1, 0.15) is 11.7 Å². The minimum absolute atomic E-state index is 0.0460. The molecule has 1 fully saturated rings. The van der Waals surface area contributed by atoms with Crippen LogP contribution in [0.4, 0.5) is 0 Å². The van der Waals surface area contributed by atoms with Crippen molar-refractivity contribution in [2.24, 2.45) is 0 Å². The second kappa shape index (κ2) is 5.79. The SMILES string of the molecule is COc1scnc1CC(=O)NC1CCC(=O)NC1=O. The van der Waals surface area contributed by atoms with Crippen LogP contribution in [-0.2, 0) is 20.8 Å². The summed E-state index contributed by atoms with van der Waals surface area (Å²) in [4.78, 5) is 38.3. The van der Waals surface area contributed by atoms with Gasteiger partial charge in [0, 0.05) is 6.42 Å². The summed E-state index contributed by atoms with van der Waals surface area (Å²) in [5.74, 6) is -1.09. The lowest BCUT2D eigenvalue weighted by molar-refractivity contribution is -0.137. The van der Waals surface area contributed by atoms with Crippen molar-refractivity contribution in [3.63, 3.8) is 0 Å². The summed E-state index contributed by atoms with van der Waals surface area (Å²) in [5, 5.41) is 5.35. The van der Waals surface area contributed by atoms with Gasteiger partial charge in [-0.15, -0.1) is 0 Å². The van der Waals surface area contributed by atoms with Crippen LogP contribution in [0.3, 0.4) is 0 Å². The van der Waals surface area contributed by atoms with E-state index in [2.05, 4.69) is 15.6 Å². The number of carbonyl (C=O) groups is 3. The predicted octanol–water partition coefficient (Wildman–Crippen LogP) is -0.384. The number of methoxy groups -OCH3 is 1. The van der Waals surface area contributed by atoms with Crippen molar-refractivity contribution < 1.29 is 19.1 Å². The molecule has 2 heterocycles. The van der Waals surface area contributed by atoms with Gasteiger partial charge in [-0.3, -0.25) is 19.7 Å². The summed E-state index contributed by atoms with van der Waals surface area (Å²) in [6.07, 6.45) is 0.603. The van der Waals surface area contributed by atoms with Gasteiger partial charge in [0.15, 0.2) is 5.06 Å². The minimum Gasteiger partial charge on any atom is -0.486 e. The Morgan fingerprint density at radius 1 is 1.63 bits per heavy atom. The monoisotopic (exact) mass is 283 g/mol. The fraction of sp³-hybridized carbons (Fsp3) is 0.455. The number of amides is 3. The standard InChI is InChI=1S/C11H13N3O4S/c1-18-11-7(12-5-19-11)4-9(16)13-6-2-3-8(15)14-10(6)17/h5-6H,2-4H2,1H3,(H,13,16)(H,14,15,17). The van der Waals surface area contributed by atoms with Crippen molar-refractivity contribution in [2.75, 3.05) is 7.11 Å². The smallest absolute Gasteiger partial charge is 0.249 e. The minimum atomic E-state index is -0.658. The summed E-state index contributed by atoms with van der Waals surface area (Å²) in [7, 11) is 1.51. The number of imide groups is 1. The molecule has 7 nitrogen and oxygen atoms in total. The molecule has 102 valence electrons. The van der Waals surface area contributed by atoms with Crippen molar-refractivity contribution in [1.82, 2.24) is 15.6 Å². The van der Waals surface area contributed by atoms with E-state index in [0.29, 0.717) is 17.2 Å². The van der Waals surface area contributed by atoms with E-state index >= 15 is 0 Å². The maximum Gasteiger partial charge on any atom is 0.249 e. The van der Waals surface area contributed by atoms with Gasteiger partial charge < -0.3 is 10.1 Å². The van der Waals surface area contributed by atoms with Crippen LogP contribution in [0.1, 0.15) is 18.5 Å². The second-order valence-corrected chi connectivity index (χ2v) is 4.86.